The Labute approximate surface area is 124 Å². The van der Waals surface area contributed by atoms with E-state index < -0.39 is 0 Å². The van der Waals surface area contributed by atoms with Crippen molar-refractivity contribution in [3.8, 4) is 0 Å². The minimum absolute atomic E-state index is 0.834. The molecule has 4 rings (SSSR count). The van der Waals surface area contributed by atoms with Crippen LogP contribution in [0.5, 0.6) is 0 Å². The lowest BCUT2D eigenvalue weighted by Gasteiger charge is -2.17. The monoisotopic (exact) mass is 290 g/mol. The molecule has 1 N–H and O–H groups in total. The molecule has 0 unspecified atom stereocenters. The third-order valence-corrected chi connectivity index (χ3v) is 5.30. The molecule has 108 valence electrons. The van der Waals surface area contributed by atoms with E-state index in [9.17, 15) is 0 Å². The summed E-state index contributed by atoms with van der Waals surface area (Å²) in [6.45, 7) is 6.18. The van der Waals surface area contributed by atoms with Crippen molar-refractivity contribution >= 4 is 23.4 Å². The number of aromatic amines is 1. The number of hydrogen-bond acceptors (Lipinski definition) is 2. The highest BCUT2D eigenvalue weighted by Gasteiger charge is 2.41. The third kappa shape index (κ3) is 1.94. The summed E-state index contributed by atoms with van der Waals surface area (Å²) < 4.78 is 5.28. The average molecular weight is 290 g/mol. The molecule has 0 radical (unpaired) electrons. The largest absolute Gasteiger partial charge is 0.328 e. The molecule has 2 aromatic rings. The predicted octanol–water partition coefficient (Wildman–Crippen LogP) is 3.66. The van der Waals surface area contributed by atoms with Gasteiger partial charge in [-0.2, -0.15) is 5.10 Å². The van der Waals surface area contributed by atoms with E-state index in [1.165, 1.54) is 31.3 Å². The standard InChI is InChI=1S/C15H22N4S/c1-3-19-14-13(9(2)17-19)16-15(20)18(14)8-12(10-4-5-10)11-6-7-11/h10-12H,3-8H2,1-2H3,(H,16,20). The summed E-state index contributed by atoms with van der Waals surface area (Å²) in [4.78, 5) is 3.37. The number of aryl methyl sites for hydroxylation is 2. The van der Waals surface area contributed by atoms with E-state index in [1.54, 1.807) is 0 Å². The number of rotatable bonds is 5. The minimum Gasteiger partial charge on any atom is -0.328 e. The van der Waals surface area contributed by atoms with Gasteiger partial charge in [-0.3, -0.25) is 0 Å². The highest BCUT2D eigenvalue weighted by Crippen LogP contribution is 2.50. The van der Waals surface area contributed by atoms with Crippen LogP contribution in [0.1, 0.15) is 38.3 Å². The van der Waals surface area contributed by atoms with Crippen LogP contribution in [0, 0.1) is 29.4 Å². The number of hydrogen-bond donors (Lipinski definition) is 1. The van der Waals surface area contributed by atoms with Crippen LogP contribution in [-0.2, 0) is 13.1 Å². The molecular weight excluding hydrogens is 268 g/mol. The Bertz CT molecular complexity index is 687. The summed E-state index contributed by atoms with van der Waals surface area (Å²) in [7, 11) is 0. The van der Waals surface area contributed by atoms with Gasteiger partial charge in [0.1, 0.15) is 5.52 Å². The number of nitrogens with zero attached hydrogens (tertiary/aromatic N) is 3. The molecule has 2 fully saturated rings. The molecule has 0 atom stereocenters. The van der Waals surface area contributed by atoms with E-state index in [0.717, 1.165) is 46.8 Å². The van der Waals surface area contributed by atoms with Crippen molar-refractivity contribution in [2.45, 2.75) is 52.6 Å². The van der Waals surface area contributed by atoms with Crippen molar-refractivity contribution in [2.24, 2.45) is 17.8 Å². The van der Waals surface area contributed by atoms with Crippen molar-refractivity contribution in [1.29, 1.82) is 0 Å². The molecule has 2 aromatic heterocycles. The first-order valence-electron chi connectivity index (χ1n) is 7.85. The fourth-order valence-corrected chi connectivity index (χ4v) is 3.86. The van der Waals surface area contributed by atoms with Gasteiger partial charge in [0.05, 0.1) is 5.69 Å². The van der Waals surface area contributed by atoms with E-state index >= 15 is 0 Å². The number of fused-ring (bicyclic) bond motifs is 1. The van der Waals surface area contributed by atoms with Crippen molar-refractivity contribution in [3.05, 3.63) is 10.5 Å². The molecular formula is C15H22N4S. The molecule has 2 aliphatic rings. The van der Waals surface area contributed by atoms with Gasteiger partial charge in [0, 0.05) is 13.1 Å². The maximum Gasteiger partial charge on any atom is 0.179 e. The SMILES string of the molecule is CCn1nc(C)c2[nH]c(=S)n(CC(C3CC3)C3CC3)c21. The van der Waals surface area contributed by atoms with E-state index in [1.807, 2.05) is 0 Å². The summed E-state index contributed by atoms with van der Waals surface area (Å²) in [5, 5.41) is 4.62. The molecule has 4 nitrogen and oxygen atoms in total. The number of imidazole rings is 1. The van der Waals surface area contributed by atoms with Crippen LogP contribution >= 0.6 is 12.2 Å². The highest BCUT2D eigenvalue weighted by atomic mass is 32.1. The Balaban J connectivity index is 1.77. The van der Waals surface area contributed by atoms with Gasteiger partial charge in [-0.05, 0) is 69.5 Å². The Morgan fingerprint density at radius 3 is 2.50 bits per heavy atom. The summed E-state index contributed by atoms with van der Waals surface area (Å²) in [5.41, 5.74) is 3.38. The average Bonchev–Trinajstić information content (AvgIpc) is 3.32. The molecule has 0 spiro atoms. The zero-order chi connectivity index (χ0) is 13.9. The van der Waals surface area contributed by atoms with Gasteiger partial charge in [-0.15, -0.1) is 0 Å². The lowest BCUT2D eigenvalue weighted by Crippen LogP contribution is -2.16. The van der Waals surface area contributed by atoms with Crippen LogP contribution in [-0.4, -0.2) is 19.3 Å². The second-order valence-electron chi connectivity index (χ2n) is 6.48. The Morgan fingerprint density at radius 1 is 1.30 bits per heavy atom. The normalized spacial score (nSPS) is 19.4. The van der Waals surface area contributed by atoms with E-state index in [4.69, 9.17) is 12.2 Å². The summed E-state index contributed by atoms with van der Waals surface area (Å²) in [6.07, 6.45) is 5.70. The van der Waals surface area contributed by atoms with E-state index in [2.05, 4.69) is 33.2 Å². The van der Waals surface area contributed by atoms with Crippen LogP contribution in [0.15, 0.2) is 0 Å². The fourth-order valence-electron chi connectivity index (χ4n) is 3.59. The molecule has 2 heterocycles. The molecule has 0 saturated heterocycles. The molecule has 0 aromatic carbocycles. The Morgan fingerprint density at radius 2 is 1.95 bits per heavy atom. The molecule has 2 aliphatic carbocycles. The topological polar surface area (TPSA) is 38.5 Å². The second-order valence-corrected chi connectivity index (χ2v) is 6.87. The maximum absolute atomic E-state index is 5.57. The van der Waals surface area contributed by atoms with Crippen LogP contribution in [0.3, 0.4) is 0 Å². The van der Waals surface area contributed by atoms with Gasteiger partial charge in [-0.25, -0.2) is 4.68 Å². The highest BCUT2D eigenvalue weighted by molar-refractivity contribution is 7.71. The van der Waals surface area contributed by atoms with Crippen molar-refractivity contribution in [1.82, 2.24) is 19.3 Å². The molecule has 20 heavy (non-hydrogen) atoms. The lowest BCUT2D eigenvalue weighted by atomic mass is 9.98. The van der Waals surface area contributed by atoms with Gasteiger partial charge >= 0.3 is 0 Å². The molecule has 0 amide bonds. The second kappa shape index (κ2) is 4.45. The Hall–Kier alpha value is -1.10. The van der Waals surface area contributed by atoms with Crippen molar-refractivity contribution in [2.75, 3.05) is 0 Å². The van der Waals surface area contributed by atoms with Gasteiger partial charge in [0.2, 0.25) is 0 Å². The minimum atomic E-state index is 0.834. The summed E-state index contributed by atoms with van der Waals surface area (Å²) in [6, 6.07) is 0. The van der Waals surface area contributed by atoms with Crippen LogP contribution < -0.4 is 0 Å². The van der Waals surface area contributed by atoms with Crippen molar-refractivity contribution in [3.63, 3.8) is 0 Å². The first kappa shape index (κ1) is 12.6. The molecule has 0 bridgehead atoms. The number of H-pyrrole nitrogens is 1. The predicted molar refractivity (Wildman–Crippen MR) is 82.3 cm³/mol. The zero-order valence-corrected chi connectivity index (χ0v) is 13.0. The van der Waals surface area contributed by atoms with Gasteiger partial charge in [0.15, 0.2) is 10.4 Å². The van der Waals surface area contributed by atoms with Crippen LogP contribution in [0.25, 0.3) is 11.2 Å². The number of aromatic nitrogens is 4. The molecule has 2 saturated carbocycles. The maximum atomic E-state index is 5.57. The first-order valence-corrected chi connectivity index (χ1v) is 8.25. The van der Waals surface area contributed by atoms with Gasteiger partial charge < -0.3 is 9.55 Å². The van der Waals surface area contributed by atoms with Gasteiger partial charge in [0.25, 0.3) is 0 Å². The Kier molecular flexibility index (Phi) is 2.81. The third-order valence-electron chi connectivity index (χ3n) is 4.98. The lowest BCUT2D eigenvalue weighted by molar-refractivity contribution is 0.349. The smallest absolute Gasteiger partial charge is 0.179 e. The fraction of sp³-hybridized carbons (Fsp3) is 0.733. The number of nitrogens with one attached hydrogen (secondary N) is 1. The van der Waals surface area contributed by atoms with E-state index in [-0.39, 0.29) is 0 Å². The molecule has 0 aliphatic heterocycles. The van der Waals surface area contributed by atoms with Crippen LogP contribution in [0.4, 0.5) is 0 Å². The van der Waals surface area contributed by atoms with Gasteiger partial charge in [-0.1, -0.05) is 0 Å². The zero-order valence-electron chi connectivity index (χ0n) is 12.2. The van der Waals surface area contributed by atoms with Crippen LogP contribution in [0.2, 0.25) is 0 Å². The first-order chi connectivity index (χ1) is 9.69. The summed E-state index contributed by atoms with van der Waals surface area (Å²) in [5.74, 6) is 2.74. The summed E-state index contributed by atoms with van der Waals surface area (Å²) >= 11 is 5.57. The quantitative estimate of drug-likeness (QED) is 0.853. The molecule has 5 heteroatoms. The van der Waals surface area contributed by atoms with E-state index in [0.29, 0.717) is 0 Å². The van der Waals surface area contributed by atoms with Crippen molar-refractivity contribution < 1.29 is 0 Å².